The van der Waals surface area contributed by atoms with Crippen molar-refractivity contribution in [3.63, 3.8) is 0 Å². The van der Waals surface area contributed by atoms with Crippen molar-refractivity contribution >= 4 is 17.5 Å². The minimum Gasteiger partial charge on any atom is -0.493 e. The van der Waals surface area contributed by atoms with Gasteiger partial charge in [0.15, 0.2) is 11.5 Å². The molecule has 0 bridgehead atoms. The van der Waals surface area contributed by atoms with Gasteiger partial charge in [0.05, 0.1) is 21.3 Å². The molecule has 1 aromatic carbocycles. The molecule has 0 radical (unpaired) electrons. The van der Waals surface area contributed by atoms with Gasteiger partial charge in [0.2, 0.25) is 17.6 Å². The number of amides is 2. The highest BCUT2D eigenvalue weighted by molar-refractivity contribution is 5.92. The van der Waals surface area contributed by atoms with Crippen molar-refractivity contribution in [1.29, 1.82) is 0 Å². The molecule has 0 aliphatic heterocycles. The third-order valence-electron chi connectivity index (χ3n) is 3.98. The molecule has 2 amide bonds. The number of nitrogens with zero attached hydrogens (tertiary/aromatic N) is 1. The molecule has 0 atom stereocenters. The van der Waals surface area contributed by atoms with Crippen LogP contribution in [-0.2, 0) is 9.59 Å². The Balaban J connectivity index is 2.73. The standard InChI is InChI=1S/C19H30N2O5/c1-13(2)7-9-21(14(3)22)10-8-18(23)20-15-11-16(24-4)19(26-6)17(12-15)25-5/h11-13H,7-10H2,1-6H3,(H,20,23). The van der Waals surface area contributed by atoms with Gasteiger partial charge in [0.1, 0.15) is 0 Å². The first-order valence-corrected chi connectivity index (χ1v) is 8.67. The van der Waals surface area contributed by atoms with E-state index in [9.17, 15) is 9.59 Å². The number of rotatable bonds is 10. The molecule has 0 heterocycles. The van der Waals surface area contributed by atoms with E-state index < -0.39 is 0 Å². The van der Waals surface area contributed by atoms with Crippen LogP contribution in [0, 0.1) is 5.92 Å². The maximum absolute atomic E-state index is 12.3. The monoisotopic (exact) mass is 366 g/mol. The molecule has 1 aromatic rings. The Morgan fingerprint density at radius 3 is 2.04 bits per heavy atom. The first kappa shape index (κ1) is 21.6. The summed E-state index contributed by atoms with van der Waals surface area (Å²) < 4.78 is 15.8. The Hall–Kier alpha value is -2.44. The quantitative estimate of drug-likeness (QED) is 0.689. The van der Waals surface area contributed by atoms with E-state index in [1.807, 2.05) is 0 Å². The summed E-state index contributed by atoms with van der Waals surface area (Å²) >= 11 is 0. The Bertz CT molecular complexity index is 591. The van der Waals surface area contributed by atoms with Crippen LogP contribution >= 0.6 is 0 Å². The predicted octanol–water partition coefficient (Wildman–Crippen LogP) is 2.94. The van der Waals surface area contributed by atoms with Gasteiger partial charge < -0.3 is 24.4 Å². The summed E-state index contributed by atoms with van der Waals surface area (Å²) in [6, 6.07) is 3.33. The van der Waals surface area contributed by atoms with Crippen LogP contribution < -0.4 is 19.5 Å². The van der Waals surface area contributed by atoms with Gasteiger partial charge in [-0.2, -0.15) is 0 Å². The first-order chi connectivity index (χ1) is 12.3. The van der Waals surface area contributed by atoms with Crippen LogP contribution in [-0.4, -0.2) is 51.1 Å². The van der Waals surface area contributed by atoms with Gasteiger partial charge in [0.25, 0.3) is 0 Å². The third-order valence-corrected chi connectivity index (χ3v) is 3.98. The summed E-state index contributed by atoms with van der Waals surface area (Å²) in [7, 11) is 4.55. The van der Waals surface area contributed by atoms with E-state index >= 15 is 0 Å². The highest BCUT2D eigenvalue weighted by Gasteiger charge is 2.16. The number of carbonyl (C=O) groups excluding carboxylic acids is 2. The van der Waals surface area contributed by atoms with Crippen molar-refractivity contribution in [2.45, 2.75) is 33.6 Å². The van der Waals surface area contributed by atoms with E-state index in [4.69, 9.17) is 14.2 Å². The molecule has 0 unspecified atom stereocenters. The van der Waals surface area contributed by atoms with Gasteiger partial charge in [-0.25, -0.2) is 0 Å². The molecule has 1 rings (SSSR count). The van der Waals surface area contributed by atoms with Crippen LogP contribution in [0.25, 0.3) is 0 Å². The molecule has 0 saturated carbocycles. The predicted molar refractivity (Wildman–Crippen MR) is 101 cm³/mol. The number of methoxy groups -OCH3 is 3. The zero-order valence-electron chi connectivity index (χ0n) is 16.5. The normalized spacial score (nSPS) is 10.4. The number of carbonyl (C=O) groups is 2. The van der Waals surface area contributed by atoms with E-state index in [0.29, 0.717) is 41.9 Å². The Kier molecular flexibility index (Phi) is 8.75. The van der Waals surface area contributed by atoms with Crippen molar-refractivity contribution in [3.8, 4) is 17.2 Å². The Morgan fingerprint density at radius 1 is 1.04 bits per heavy atom. The molecular formula is C19H30N2O5. The molecule has 7 heteroatoms. The number of nitrogens with one attached hydrogen (secondary N) is 1. The van der Waals surface area contributed by atoms with E-state index in [0.717, 1.165) is 6.42 Å². The van der Waals surface area contributed by atoms with Crippen LogP contribution in [0.1, 0.15) is 33.6 Å². The lowest BCUT2D eigenvalue weighted by molar-refractivity contribution is -0.129. The van der Waals surface area contributed by atoms with Gasteiger partial charge >= 0.3 is 0 Å². The zero-order chi connectivity index (χ0) is 19.7. The first-order valence-electron chi connectivity index (χ1n) is 8.67. The van der Waals surface area contributed by atoms with E-state index in [-0.39, 0.29) is 18.2 Å². The fraction of sp³-hybridized carbons (Fsp3) is 0.579. The fourth-order valence-corrected chi connectivity index (χ4v) is 2.45. The smallest absolute Gasteiger partial charge is 0.226 e. The second-order valence-electron chi connectivity index (χ2n) is 6.40. The van der Waals surface area contributed by atoms with Crippen LogP contribution in [0.4, 0.5) is 5.69 Å². The molecule has 0 aliphatic carbocycles. The summed E-state index contributed by atoms with van der Waals surface area (Å²) in [4.78, 5) is 25.7. The summed E-state index contributed by atoms with van der Waals surface area (Å²) in [5.41, 5.74) is 0.543. The lowest BCUT2D eigenvalue weighted by atomic mass is 10.1. The highest BCUT2D eigenvalue weighted by atomic mass is 16.5. The van der Waals surface area contributed by atoms with Crippen LogP contribution in [0.2, 0.25) is 0 Å². The van der Waals surface area contributed by atoms with Gasteiger partial charge in [-0.15, -0.1) is 0 Å². The van der Waals surface area contributed by atoms with Gasteiger partial charge in [0, 0.05) is 44.3 Å². The molecule has 0 fully saturated rings. The summed E-state index contributed by atoms with van der Waals surface area (Å²) in [6.07, 6.45) is 1.13. The highest BCUT2D eigenvalue weighted by Crippen LogP contribution is 2.39. The minimum atomic E-state index is -0.185. The number of benzene rings is 1. The fourth-order valence-electron chi connectivity index (χ4n) is 2.45. The zero-order valence-corrected chi connectivity index (χ0v) is 16.5. The Labute approximate surface area is 155 Å². The van der Waals surface area contributed by atoms with Crippen LogP contribution in [0.5, 0.6) is 17.2 Å². The molecule has 1 N–H and O–H groups in total. The van der Waals surface area contributed by atoms with E-state index in [1.54, 1.807) is 17.0 Å². The molecular weight excluding hydrogens is 336 g/mol. The SMILES string of the molecule is COc1cc(NC(=O)CCN(CCC(C)C)C(C)=O)cc(OC)c1OC. The third kappa shape index (κ3) is 6.46. The number of hydrogen-bond acceptors (Lipinski definition) is 5. The van der Waals surface area contributed by atoms with Crippen molar-refractivity contribution in [2.24, 2.45) is 5.92 Å². The number of anilines is 1. The van der Waals surface area contributed by atoms with Gasteiger partial charge in [-0.05, 0) is 12.3 Å². The molecule has 0 saturated heterocycles. The molecule has 7 nitrogen and oxygen atoms in total. The van der Waals surface area contributed by atoms with Crippen molar-refractivity contribution in [2.75, 3.05) is 39.7 Å². The summed E-state index contributed by atoms with van der Waals surface area (Å²) in [5, 5.41) is 2.81. The largest absolute Gasteiger partial charge is 0.493 e. The molecule has 26 heavy (non-hydrogen) atoms. The molecule has 146 valence electrons. The summed E-state index contributed by atoms with van der Waals surface area (Å²) in [6.45, 7) is 6.78. The molecule has 0 spiro atoms. The van der Waals surface area contributed by atoms with E-state index in [2.05, 4.69) is 19.2 Å². The van der Waals surface area contributed by atoms with Crippen LogP contribution in [0.3, 0.4) is 0 Å². The average molecular weight is 366 g/mol. The second-order valence-corrected chi connectivity index (χ2v) is 6.40. The topological polar surface area (TPSA) is 77.1 Å². The molecule has 0 aromatic heterocycles. The van der Waals surface area contributed by atoms with E-state index in [1.165, 1.54) is 28.3 Å². The average Bonchev–Trinajstić information content (AvgIpc) is 2.59. The maximum Gasteiger partial charge on any atom is 0.226 e. The lowest BCUT2D eigenvalue weighted by Gasteiger charge is -2.22. The van der Waals surface area contributed by atoms with Gasteiger partial charge in [-0.3, -0.25) is 9.59 Å². The maximum atomic E-state index is 12.3. The van der Waals surface area contributed by atoms with Crippen molar-refractivity contribution in [3.05, 3.63) is 12.1 Å². The lowest BCUT2D eigenvalue weighted by Crippen LogP contribution is -2.33. The van der Waals surface area contributed by atoms with Crippen LogP contribution in [0.15, 0.2) is 12.1 Å². The molecule has 0 aliphatic rings. The second kappa shape index (κ2) is 10.5. The Morgan fingerprint density at radius 2 is 1.62 bits per heavy atom. The number of hydrogen-bond donors (Lipinski definition) is 1. The number of ether oxygens (including phenoxy) is 3. The van der Waals surface area contributed by atoms with Crippen molar-refractivity contribution < 1.29 is 23.8 Å². The van der Waals surface area contributed by atoms with Gasteiger partial charge in [-0.1, -0.05) is 13.8 Å². The minimum absolute atomic E-state index is 0.0220. The van der Waals surface area contributed by atoms with Crippen molar-refractivity contribution in [1.82, 2.24) is 4.90 Å². The summed E-state index contributed by atoms with van der Waals surface area (Å²) in [5.74, 6) is 1.68.